The second kappa shape index (κ2) is 11.0. The number of ether oxygens (including phenoxy) is 2. The van der Waals surface area contributed by atoms with Crippen LogP contribution < -0.4 is 0 Å². The fraction of sp³-hybridized carbons (Fsp3) is 0.348. The molecule has 6 nitrogen and oxygen atoms in total. The molecule has 11 heteroatoms. The van der Waals surface area contributed by atoms with E-state index < -0.39 is 23.9 Å². The lowest BCUT2D eigenvalue weighted by atomic mass is 10.0. The van der Waals surface area contributed by atoms with E-state index in [0.29, 0.717) is 69.8 Å². The molecule has 1 amide bonds. The van der Waals surface area contributed by atoms with Gasteiger partial charge in [-0.15, -0.1) is 11.3 Å². The molecule has 2 aromatic rings. The van der Waals surface area contributed by atoms with Crippen LogP contribution in [0.3, 0.4) is 0 Å². The van der Waals surface area contributed by atoms with Crippen molar-refractivity contribution in [2.75, 3.05) is 19.8 Å². The van der Waals surface area contributed by atoms with Gasteiger partial charge in [-0.1, -0.05) is 36.5 Å². The van der Waals surface area contributed by atoms with Gasteiger partial charge in [0.1, 0.15) is 4.32 Å². The number of hydrogen-bond acceptors (Lipinski definition) is 7. The molecular weight excluding hydrogens is 504 g/mol. The maximum Gasteiger partial charge on any atom is 0.303 e. The third kappa shape index (κ3) is 5.55. The van der Waals surface area contributed by atoms with Crippen molar-refractivity contribution in [3.63, 3.8) is 0 Å². The minimum Gasteiger partial charge on any atom is -0.481 e. The first-order valence-electron chi connectivity index (χ1n) is 10.6. The van der Waals surface area contributed by atoms with Gasteiger partial charge in [-0.25, -0.2) is 8.78 Å². The number of amides is 1. The molecule has 2 aliphatic heterocycles. The molecule has 1 aromatic heterocycles. The summed E-state index contributed by atoms with van der Waals surface area (Å²) >= 11 is 7.94. The van der Waals surface area contributed by atoms with E-state index in [2.05, 4.69) is 0 Å². The second-order valence-corrected chi connectivity index (χ2v) is 10.3. The Labute approximate surface area is 208 Å². The number of carboxylic acids is 1. The smallest absolute Gasteiger partial charge is 0.303 e. The number of hydrogen-bond donors (Lipinski definition) is 1. The molecule has 2 saturated heterocycles. The molecule has 4 rings (SSSR count). The van der Waals surface area contributed by atoms with E-state index in [1.54, 1.807) is 6.08 Å². The lowest BCUT2D eigenvalue weighted by Gasteiger charge is -2.14. The van der Waals surface area contributed by atoms with Gasteiger partial charge < -0.3 is 14.6 Å². The van der Waals surface area contributed by atoms with Crippen molar-refractivity contribution in [3.8, 4) is 11.1 Å². The number of carbonyl (C=O) groups is 2. The number of thiophene rings is 1. The largest absolute Gasteiger partial charge is 0.481 e. The molecule has 3 heterocycles. The number of thiocarbonyl (C=S) groups is 1. The highest BCUT2D eigenvalue weighted by atomic mass is 32.2. The van der Waals surface area contributed by atoms with E-state index in [0.717, 1.165) is 12.1 Å². The van der Waals surface area contributed by atoms with Crippen LogP contribution in [0.2, 0.25) is 0 Å². The highest BCUT2D eigenvalue weighted by Crippen LogP contribution is 2.42. The van der Waals surface area contributed by atoms with Gasteiger partial charge in [-0.05, 0) is 42.0 Å². The monoisotopic (exact) mass is 525 g/mol. The van der Waals surface area contributed by atoms with Crippen LogP contribution in [-0.4, -0.2) is 46.0 Å². The zero-order valence-corrected chi connectivity index (χ0v) is 20.4. The van der Waals surface area contributed by atoms with Crippen LogP contribution >= 0.6 is 35.3 Å². The molecule has 1 N–H and O–H groups in total. The normalized spacial score (nSPS) is 17.9. The summed E-state index contributed by atoms with van der Waals surface area (Å²) in [6.07, 6.45) is 3.04. The zero-order chi connectivity index (χ0) is 24.2. The van der Waals surface area contributed by atoms with Crippen molar-refractivity contribution in [2.24, 2.45) is 0 Å². The summed E-state index contributed by atoms with van der Waals surface area (Å²) in [7, 11) is 0. The van der Waals surface area contributed by atoms with Gasteiger partial charge in [0.15, 0.2) is 17.9 Å². The minimum atomic E-state index is -0.950. The van der Waals surface area contributed by atoms with Crippen LogP contribution in [0.15, 0.2) is 28.5 Å². The molecular formula is C23H21F2NO5S3. The van der Waals surface area contributed by atoms with Crippen LogP contribution in [0.5, 0.6) is 0 Å². The lowest BCUT2D eigenvalue weighted by molar-refractivity contribution is -0.137. The predicted octanol–water partition coefficient (Wildman–Crippen LogP) is 5.58. The van der Waals surface area contributed by atoms with Crippen LogP contribution in [-0.2, 0) is 19.1 Å². The Balaban J connectivity index is 1.57. The topological polar surface area (TPSA) is 76.1 Å². The fourth-order valence-corrected chi connectivity index (χ4v) is 6.08. The van der Waals surface area contributed by atoms with E-state index in [4.69, 9.17) is 26.8 Å². The highest BCUT2D eigenvalue weighted by Gasteiger charge is 2.33. The van der Waals surface area contributed by atoms with E-state index in [1.807, 2.05) is 5.38 Å². The van der Waals surface area contributed by atoms with Crippen molar-refractivity contribution < 1.29 is 33.0 Å². The first-order valence-corrected chi connectivity index (χ1v) is 12.7. The third-order valence-corrected chi connectivity index (χ3v) is 7.68. The molecule has 2 aliphatic rings. The van der Waals surface area contributed by atoms with E-state index >= 15 is 0 Å². The van der Waals surface area contributed by atoms with E-state index in [9.17, 15) is 18.4 Å². The van der Waals surface area contributed by atoms with E-state index in [1.165, 1.54) is 34.1 Å². The van der Waals surface area contributed by atoms with Gasteiger partial charge in [-0.3, -0.25) is 14.5 Å². The number of aliphatic carboxylic acids is 1. The number of halogens is 2. The number of unbranched alkanes of at least 4 members (excludes halogenated alkanes) is 2. The summed E-state index contributed by atoms with van der Waals surface area (Å²) in [6.45, 7) is 1.23. The molecule has 34 heavy (non-hydrogen) atoms. The SMILES string of the molecule is O=C(O)CCCCCN1C(=O)/C(=C/c2scc(-c3ccc(F)c(F)c3)c2C2OCCO2)SC1=S. The van der Waals surface area contributed by atoms with Gasteiger partial charge in [0.2, 0.25) is 0 Å². The van der Waals surface area contributed by atoms with Crippen molar-refractivity contribution in [2.45, 2.75) is 32.0 Å². The van der Waals surface area contributed by atoms with Gasteiger partial charge in [-0.2, -0.15) is 0 Å². The summed E-state index contributed by atoms with van der Waals surface area (Å²) in [4.78, 5) is 26.3. The molecule has 0 unspecified atom stereocenters. The summed E-state index contributed by atoms with van der Waals surface area (Å²) in [6, 6.07) is 3.69. The molecule has 0 atom stereocenters. The second-order valence-electron chi connectivity index (χ2n) is 7.67. The Kier molecular flexibility index (Phi) is 8.10. The van der Waals surface area contributed by atoms with Crippen LogP contribution in [0.1, 0.15) is 42.4 Å². The number of carbonyl (C=O) groups excluding carboxylic acids is 1. The number of rotatable bonds is 9. The summed E-state index contributed by atoms with van der Waals surface area (Å²) in [5, 5.41) is 10.5. The maximum atomic E-state index is 13.9. The summed E-state index contributed by atoms with van der Waals surface area (Å²) in [5.74, 6) is -2.93. The zero-order valence-electron chi connectivity index (χ0n) is 17.9. The van der Waals surface area contributed by atoms with Gasteiger partial charge in [0, 0.05) is 29.0 Å². The van der Waals surface area contributed by atoms with Gasteiger partial charge in [0.05, 0.1) is 18.1 Å². The molecule has 0 radical (unpaired) electrons. The summed E-state index contributed by atoms with van der Waals surface area (Å²) in [5.41, 5.74) is 1.79. The Bertz CT molecular complexity index is 1140. The quantitative estimate of drug-likeness (QED) is 0.260. The molecule has 2 fully saturated rings. The van der Waals surface area contributed by atoms with Crippen LogP contribution in [0.25, 0.3) is 17.2 Å². The molecule has 0 spiro atoms. The predicted molar refractivity (Wildman–Crippen MR) is 130 cm³/mol. The average Bonchev–Trinajstić information content (AvgIpc) is 3.51. The van der Waals surface area contributed by atoms with Crippen molar-refractivity contribution in [1.29, 1.82) is 0 Å². The first-order chi connectivity index (χ1) is 16.3. The Morgan fingerprint density at radius 3 is 2.68 bits per heavy atom. The van der Waals surface area contributed by atoms with Gasteiger partial charge in [0.25, 0.3) is 5.91 Å². The average molecular weight is 526 g/mol. The number of benzene rings is 1. The molecule has 1 aromatic carbocycles. The third-order valence-electron chi connectivity index (χ3n) is 5.36. The molecule has 0 saturated carbocycles. The highest BCUT2D eigenvalue weighted by molar-refractivity contribution is 8.26. The fourth-order valence-electron chi connectivity index (χ4n) is 3.68. The Hall–Kier alpha value is -2.18. The number of thioether (sulfide) groups is 1. The standard InChI is InChI=1S/C23H21F2NO5S3/c24-15-6-5-13(10-16(15)25)14-12-33-17(20(14)22-30-8-9-31-22)11-18-21(29)26(23(32)34-18)7-3-1-2-4-19(27)28/h5-6,10-12,22H,1-4,7-9H2,(H,27,28)/b18-11-. The number of carboxylic acid groups (broad SMARTS) is 1. The van der Waals surface area contributed by atoms with Crippen molar-refractivity contribution in [1.82, 2.24) is 4.90 Å². The molecule has 0 bridgehead atoms. The molecule has 0 aliphatic carbocycles. The first kappa shape index (κ1) is 24.9. The molecule has 180 valence electrons. The van der Waals surface area contributed by atoms with Crippen LogP contribution in [0, 0.1) is 11.6 Å². The Morgan fingerprint density at radius 1 is 1.21 bits per heavy atom. The lowest BCUT2D eigenvalue weighted by Crippen LogP contribution is -2.29. The van der Waals surface area contributed by atoms with Gasteiger partial charge >= 0.3 is 5.97 Å². The number of nitrogens with zero attached hydrogens (tertiary/aromatic N) is 1. The maximum absolute atomic E-state index is 13.9. The van der Waals surface area contributed by atoms with Crippen LogP contribution in [0.4, 0.5) is 8.78 Å². The van der Waals surface area contributed by atoms with Crippen molar-refractivity contribution in [3.05, 3.63) is 50.6 Å². The van der Waals surface area contributed by atoms with Crippen molar-refractivity contribution >= 4 is 57.6 Å². The Morgan fingerprint density at radius 2 is 1.97 bits per heavy atom. The summed E-state index contributed by atoms with van der Waals surface area (Å²) < 4.78 is 39.2. The van der Waals surface area contributed by atoms with E-state index in [-0.39, 0.29) is 12.3 Å². The minimum absolute atomic E-state index is 0.102.